The molecule has 1 amide bonds. The SMILES string of the molecule is C=CC(=O)N1CCC[C@@H](n2ncc3cc(Sc4ccccc4)ccc32)C1. The molecule has 0 bridgehead atoms. The van der Waals surface area contributed by atoms with E-state index in [4.69, 9.17) is 0 Å². The summed E-state index contributed by atoms with van der Waals surface area (Å²) in [6.07, 6.45) is 5.36. The summed E-state index contributed by atoms with van der Waals surface area (Å²) in [6, 6.07) is 17.1. The number of likely N-dealkylation sites (tertiary alicyclic amines) is 1. The Kier molecular flexibility index (Phi) is 4.80. The minimum absolute atomic E-state index is 0.00714. The highest BCUT2D eigenvalue weighted by atomic mass is 32.2. The molecule has 1 aromatic heterocycles. The van der Waals surface area contributed by atoms with Crippen LogP contribution in [0, 0.1) is 0 Å². The van der Waals surface area contributed by atoms with Gasteiger partial charge in [0, 0.05) is 28.3 Å². The van der Waals surface area contributed by atoms with Gasteiger partial charge < -0.3 is 4.90 Å². The van der Waals surface area contributed by atoms with Gasteiger partial charge in [-0.2, -0.15) is 5.10 Å². The molecule has 1 aliphatic rings. The molecule has 0 saturated carbocycles. The van der Waals surface area contributed by atoms with Crippen LogP contribution in [0.1, 0.15) is 18.9 Å². The summed E-state index contributed by atoms with van der Waals surface area (Å²) >= 11 is 1.75. The highest BCUT2D eigenvalue weighted by molar-refractivity contribution is 7.99. The maximum absolute atomic E-state index is 11.9. The van der Waals surface area contributed by atoms with E-state index in [9.17, 15) is 4.79 Å². The Morgan fingerprint density at radius 2 is 2.04 bits per heavy atom. The van der Waals surface area contributed by atoms with Gasteiger partial charge >= 0.3 is 0 Å². The van der Waals surface area contributed by atoms with E-state index in [1.54, 1.807) is 11.8 Å². The Morgan fingerprint density at radius 3 is 2.85 bits per heavy atom. The third-order valence-electron chi connectivity index (χ3n) is 4.77. The molecule has 0 unspecified atom stereocenters. The summed E-state index contributed by atoms with van der Waals surface area (Å²) in [7, 11) is 0. The van der Waals surface area contributed by atoms with Gasteiger partial charge in [0.15, 0.2) is 0 Å². The van der Waals surface area contributed by atoms with Crippen molar-refractivity contribution in [2.75, 3.05) is 13.1 Å². The molecule has 5 heteroatoms. The van der Waals surface area contributed by atoms with E-state index >= 15 is 0 Å². The van der Waals surface area contributed by atoms with Crippen LogP contribution in [0.15, 0.2) is 77.2 Å². The second-order valence-corrected chi connectivity index (χ2v) is 7.66. The van der Waals surface area contributed by atoms with E-state index in [0.717, 1.165) is 30.3 Å². The van der Waals surface area contributed by atoms with Crippen molar-refractivity contribution in [3.63, 3.8) is 0 Å². The van der Waals surface area contributed by atoms with Crippen molar-refractivity contribution >= 4 is 28.6 Å². The first-order valence-electron chi connectivity index (χ1n) is 8.86. The zero-order chi connectivity index (χ0) is 17.9. The summed E-state index contributed by atoms with van der Waals surface area (Å²) < 4.78 is 2.08. The minimum atomic E-state index is 0.00714. The first kappa shape index (κ1) is 16.9. The van der Waals surface area contributed by atoms with E-state index in [1.807, 2.05) is 17.2 Å². The average Bonchev–Trinajstić information content (AvgIpc) is 3.11. The first-order valence-corrected chi connectivity index (χ1v) is 9.68. The van der Waals surface area contributed by atoms with Crippen LogP contribution in [0.3, 0.4) is 0 Å². The number of aromatic nitrogens is 2. The molecule has 2 heterocycles. The molecule has 0 spiro atoms. The Balaban J connectivity index is 1.57. The zero-order valence-electron chi connectivity index (χ0n) is 14.5. The van der Waals surface area contributed by atoms with E-state index in [1.165, 1.54) is 15.9 Å². The van der Waals surface area contributed by atoms with E-state index in [2.05, 4.69) is 58.8 Å². The van der Waals surface area contributed by atoms with Crippen molar-refractivity contribution < 1.29 is 4.79 Å². The molecule has 4 nitrogen and oxygen atoms in total. The summed E-state index contributed by atoms with van der Waals surface area (Å²) in [4.78, 5) is 16.2. The summed E-state index contributed by atoms with van der Waals surface area (Å²) in [6.45, 7) is 5.10. The number of hydrogen-bond donors (Lipinski definition) is 0. The predicted octanol–water partition coefficient (Wildman–Crippen LogP) is 4.54. The molecular formula is C21H21N3OS. The van der Waals surface area contributed by atoms with Gasteiger partial charge in [0.1, 0.15) is 0 Å². The normalized spacial score (nSPS) is 17.4. The number of carbonyl (C=O) groups excluding carboxylic acids is 1. The Bertz CT molecular complexity index is 935. The fourth-order valence-corrected chi connectivity index (χ4v) is 4.38. The lowest BCUT2D eigenvalue weighted by molar-refractivity contribution is -0.127. The van der Waals surface area contributed by atoms with Gasteiger partial charge in [0.2, 0.25) is 5.91 Å². The third kappa shape index (κ3) is 3.40. The van der Waals surface area contributed by atoms with Crippen LogP contribution in [0.5, 0.6) is 0 Å². The number of hydrogen-bond acceptors (Lipinski definition) is 3. The standard InChI is InChI=1S/C21H21N3OS/c1-2-21(25)23-12-6-7-17(15-23)24-20-11-10-19(13-16(20)14-22-24)26-18-8-4-3-5-9-18/h2-5,8-11,13-14,17H,1,6-7,12,15H2/t17-/m1/s1. The molecule has 0 N–H and O–H groups in total. The first-order chi connectivity index (χ1) is 12.7. The molecular weight excluding hydrogens is 342 g/mol. The van der Waals surface area contributed by atoms with Gasteiger partial charge in [0.25, 0.3) is 0 Å². The average molecular weight is 363 g/mol. The predicted molar refractivity (Wildman–Crippen MR) is 105 cm³/mol. The van der Waals surface area contributed by atoms with Gasteiger partial charge in [-0.05, 0) is 49.2 Å². The molecule has 0 radical (unpaired) electrons. The van der Waals surface area contributed by atoms with Crippen molar-refractivity contribution in [2.45, 2.75) is 28.7 Å². The second kappa shape index (κ2) is 7.38. The lowest BCUT2D eigenvalue weighted by Gasteiger charge is -2.32. The van der Waals surface area contributed by atoms with Crippen molar-refractivity contribution in [1.82, 2.24) is 14.7 Å². The van der Waals surface area contributed by atoms with E-state index in [0.29, 0.717) is 6.54 Å². The summed E-state index contributed by atoms with van der Waals surface area (Å²) in [5.41, 5.74) is 1.13. The lowest BCUT2D eigenvalue weighted by atomic mass is 10.1. The van der Waals surface area contributed by atoms with E-state index < -0.39 is 0 Å². The summed E-state index contributed by atoms with van der Waals surface area (Å²) in [5.74, 6) is 0.00714. The van der Waals surface area contributed by atoms with Crippen LogP contribution in [-0.2, 0) is 4.79 Å². The minimum Gasteiger partial charge on any atom is -0.337 e. The molecule has 1 saturated heterocycles. The molecule has 132 valence electrons. The van der Waals surface area contributed by atoms with Crippen LogP contribution < -0.4 is 0 Å². The Morgan fingerprint density at radius 1 is 1.19 bits per heavy atom. The number of carbonyl (C=O) groups is 1. The molecule has 4 rings (SSSR count). The Labute approximate surface area is 157 Å². The molecule has 1 aliphatic heterocycles. The number of rotatable bonds is 4. The highest BCUT2D eigenvalue weighted by Gasteiger charge is 2.25. The quantitative estimate of drug-likeness (QED) is 0.639. The lowest BCUT2D eigenvalue weighted by Crippen LogP contribution is -2.40. The number of fused-ring (bicyclic) bond motifs is 1. The molecule has 3 aromatic rings. The van der Waals surface area contributed by atoms with Crippen LogP contribution in [0.2, 0.25) is 0 Å². The molecule has 1 atom stereocenters. The topological polar surface area (TPSA) is 38.1 Å². The fraction of sp³-hybridized carbons (Fsp3) is 0.238. The highest BCUT2D eigenvalue weighted by Crippen LogP contribution is 2.31. The number of piperidine rings is 1. The summed E-state index contributed by atoms with van der Waals surface area (Å²) in [5, 5.41) is 5.77. The van der Waals surface area contributed by atoms with Crippen LogP contribution in [0.4, 0.5) is 0 Å². The van der Waals surface area contributed by atoms with Gasteiger partial charge in [0.05, 0.1) is 17.8 Å². The van der Waals surface area contributed by atoms with E-state index in [-0.39, 0.29) is 11.9 Å². The van der Waals surface area contributed by atoms with Gasteiger partial charge in [-0.15, -0.1) is 0 Å². The third-order valence-corrected chi connectivity index (χ3v) is 5.77. The monoisotopic (exact) mass is 363 g/mol. The van der Waals surface area contributed by atoms with Crippen LogP contribution in [-0.4, -0.2) is 33.7 Å². The van der Waals surface area contributed by atoms with Gasteiger partial charge in [-0.25, -0.2) is 0 Å². The van der Waals surface area contributed by atoms with Crippen molar-refractivity contribution in [3.05, 3.63) is 67.4 Å². The van der Waals surface area contributed by atoms with Crippen LogP contribution in [0.25, 0.3) is 10.9 Å². The Hall–Kier alpha value is -2.53. The largest absolute Gasteiger partial charge is 0.337 e. The second-order valence-electron chi connectivity index (χ2n) is 6.51. The molecule has 1 fully saturated rings. The van der Waals surface area contributed by atoms with Gasteiger partial charge in [-0.1, -0.05) is 36.5 Å². The smallest absolute Gasteiger partial charge is 0.246 e. The molecule has 2 aromatic carbocycles. The number of benzene rings is 2. The van der Waals surface area contributed by atoms with Crippen molar-refractivity contribution in [1.29, 1.82) is 0 Å². The fourth-order valence-electron chi connectivity index (χ4n) is 3.49. The van der Waals surface area contributed by atoms with Crippen molar-refractivity contribution in [2.24, 2.45) is 0 Å². The zero-order valence-corrected chi connectivity index (χ0v) is 15.4. The maximum Gasteiger partial charge on any atom is 0.246 e. The molecule has 0 aliphatic carbocycles. The number of amides is 1. The van der Waals surface area contributed by atoms with Gasteiger partial charge in [-0.3, -0.25) is 9.48 Å². The number of nitrogens with zero attached hydrogens (tertiary/aromatic N) is 3. The van der Waals surface area contributed by atoms with Crippen LogP contribution >= 0.6 is 11.8 Å². The van der Waals surface area contributed by atoms with Crippen molar-refractivity contribution in [3.8, 4) is 0 Å². The molecule has 26 heavy (non-hydrogen) atoms. The maximum atomic E-state index is 11.9.